The minimum absolute atomic E-state index is 0.473. The minimum Gasteiger partial charge on any atom is -0.365 e. The van der Waals surface area contributed by atoms with Crippen LogP contribution in [-0.2, 0) is 4.74 Å². The molecule has 0 heterocycles. The third-order valence-electron chi connectivity index (χ3n) is 4.40. The van der Waals surface area contributed by atoms with Crippen molar-refractivity contribution in [2.75, 3.05) is 19.2 Å². The highest BCUT2D eigenvalue weighted by Gasteiger charge is 2.13. The Balaban J connectivity index is 2.19. The monoisotopic (exact) mass is 331 g/mol. The SMILES string of the molecule is COCNc1c(-c2ccc(C)cc2)cc(C)cc1-c1ccc(C)cc1. The average molecular weight is 331 g/mol. The molecule has 0 atom stereocenters. The molecule has 25 heavy (non-hydrogen) atoms. The fourth-order valence-corrected chi connectivity index (χ4v) is 3.04. The number of nitrogens with one attached hydrogen (secondary N) is 1. The summed E-state index contributed by atoms with van der Waals surface area (Å²) in [6.45, 7) is 6.85. The molecule has 2 heteroatoms. The molecule has 1 N–H and O–H groups in total. The lowest BCUT2D eigenvalue weighted by Gasteiger charge is -2.18. The van der Waals surface area contributed by atoms with Crippen LogP contribution in [0.15, 0.2) is 60.7 Å². The standard InChI is InChI=1S/C23H25NO/c1-16-5-9-19(10-6-16)21-13-18(3)14-22(23(21)24-15-25-4)20-11-7-17(2)8-12-20/h5-14,24H,15H2,1-4H3. The van der Waals surface area contributed by atoms with Crippen LogP contribution in [0, 0.1) is 20.8 Å². The van der Waals surface area contributed by atoms with E-state index in [0.717, 1.165) is 5.69 Å². The zero-order chi connectivity index (χ0) is 17.8. The molecule has 0 spiro atoms. The van der Waals surface area contributed by atoms with E-state index in [1.54, 1.807) is 7.11 Å². The topological polar surface area (TPSA) is 21.3 Å². The maximum absolute atomic E-state index is 5.28. The Kier molecular flexibility index (Phi) is 5.20. The Hall–Kier alpha value is -2.58. The summed E-state index contributed by atoms with van der Waals surface area (Å²) in [6.07, 6.45) is 0. The van der Waals surface area contributed by atoms with Crippen LogP contribution in [0.1, 0.15) is 16.7 Å². The number of aryl methyl sites for hydroxylation is 3. The highest BCUT2D eigenvalue weighted by atomic mass is 16.5. The van der Waals surface area contributed by atoms with Gasteiger partial charge in [-0.1, -0.05) is 59.7 Å². The van der Waals surface area contributed by atoms with Crippen molar-refractivity contribution >= 4 is 5.69 Å². The van der Waals surface area contributed by atoms with Crippen LogP contribution in [0.25, 0.3) is 22.3 Å². The first-order valence-electron chi connectivity index (χ1n) is 8.60. The van der Waals surface area contributed by atoms with E-state index in [4.69, 9.17) is 4.74 Å². The first kappa shape index (κ1) is 17.2. The van der Waals surface area contributed by atoms with Gasteiger partial charge in [-0.2, -0.15) is 0 Å². The summed E-state index contributed by atoms with van der Waals surface area (Å²) >= 11 is 0. The predicted molar refractivity (Wildman–Crippen MR) is 107 cm³/mol. The Morgan fingerprint density at radius 1 is 0.680 bits per heavy atom. The van der Waals surface area contributed by atoms with Gasteiger partial charge in [-0.05, 0) is 49.6 Å². The van der Waals surface area contributed by atoms with Gasteiger partial charge in [0.15, 0.2) is 0 Å². The van der Waals surface area contributed by atoms with E-state index >= 15 is 0 Å². The lowest BCUT2D eigenvalue weighted by atomic mass is 9.93. The van der Waals surface area contributed by atoms with Crippen LogP contribution in [-0.4, -0.2) is 13.8 Å². The van der Waals surface area contributed by atoms with Gasteiger partial charge < -0.3 is 10.1 Å². The highest BCUT2D eigenvalue weighted by molar-refractivity contribution is 5.91. The van der Waals surface area contributed by atoms with Crippen LogP contribution in [0.3, 0.4) is 0 Å². The van der Waals surface area contributed by atoms with Crippen molar-refractivity contribution < 1.29 is 4.74 Å². The number of hydrogen-bond acceptors (Lipinski definition) is 2. The molecule has 3 aromatic carbocycles. The zero-order valence-electron chi connectivity index (χ0n) is 15.4. The molecule has 0 saturated heterocycles. The summed E-state index contributed by atoms with van der Waals surface area (Å²) < 4.78 is 5.28. The zero-order valence-corrected chi connectivity index (χ0v) is 15.4. The van der Waals surface area contributed by atoms with Gasteiger partial charge in [-0.15, -0.1) is 0 Å². The summed E-state index contributed by atoms with van der Waals surface area (Å²) in [4.78, 5) is 0. The molecule has 0 bridgehead atoms. The van der Waals surface area contributed by atoms with Crippen LogP contribution >= 0.6 is 0 Å². The Bertz CT molecular complexity index is 782. The normalized spacial score (nSPS) is 10.7. The van der Waals surface area contributed by atoms with E-state index in [0.29, 0.717) is 6.73 Å². The smallest absolute Gasteiger partial charge is 0.116 e. The fraction of sp³-hybridized carbons (Fsp3) is 0.217. The van der Waals surface area contributed by atoms with Gasteiger partial charge in [-0.3, -0.25) is 0 Å². The second-order valence-corrected chi connectivity index (χ2v) is 6.58. The maximum Gasteiger partial charge on any atom is 0.116 e. The number of hydrogen-bond donors (Lipinski definition) is 1. The molecule has 3 aromatic rings. The third-order valence-corrected chi connectivity index (χ3v) is 4.40. The Morgan fingerprint density at radius 3 is 1.52 bits per heavy atom. The molecule has 128 valence electrons. The van der Waals surface area contributed by atoms with E-state index in [1.807, 2.05) is 0 Å². The molecule has 3 rings (SSSR count). The van der Waals surface area contributed by atoms with Gasteiger partial charge in [0.2, 0.25) is 0 Å². The second kappa shape index (κ2) is 7.54. The van der Waals surface area contributed by atoms with E-state index in [9.17, 15) is 0 Å². The van der Waals surface area contributed by atoms with Crippen LogP contribution in [0.4, 0.5) is 5.69 Å². The molecule has 0 saturated carbocycles. The number of anilines is 1. The van der Waals surface area contributed by atoms with Gasteiger partial charge in [0.1, 0.15) is 6.73 Å². The van der Waals surface area contributed by atoms with Crippen molar-refractivity contribution in [1.29, 1.82) is 0 Å². The predicted octanol–water partition coefficient (Wildman–Crippen LogP) is 5.96. The summed E-state index contributed by atoms with van der Waals surface area (Å²) in [5, 5.41) is 3.46. The molecular weight excluding hydrogens is 306 g/mol. The minimum atomic E-state index is 0.473. The van der Waals surface area contributed by atoms with E-state index in [1.165, 1.54) is 38.9 Å². The number of benzene rings is 3. The molecule has 2 nitrogen and oxygen atoms in total. The summed E-state index contributed by atoms with van der Waals surface area (Å²) in [5.74, 6) is 0. The van der Waals surface area contributed by atoms with Crippen molar-refractivity contribution in [1.82, 2.24) is 0 Å². The highest BCUT2D eigenvalue weighted by Crippen LogP contribution is 2.38. The molecule has 0 fully saturated rings. The molecule has 0 aliphatic carbocycles. The third kappa shape index (κ3) is 3.92. The maximum atomic E-state index is 5.28. The van der Waals surface area contributed by atoms with E-state index in [2.05, 4.69) is 86.8 Å². The van der Waals surface area contributed by atoms with Gasteiger partial charge in [0.25, 0.3) is 0 Å². The molecule has 0 aromatic heterocycles. The van der Waals surface area contributed by atoms with E-state index < -0.39 is 0 Å². The lowest BCUT2D eigenvalue weighted by Crippen LogP contribution is -2.06. The first-order valence-corrected chi connectivity index (χ1v) is 8.60. The average Bonchev–Trinajstić information content (AvgIpc) is 2.61. The second-order valence-electron chi connectivity index (χ2n) is 6.58. The van der Waals surface area contributed by atoms with Crippen LogP contribution in [0.5, 0.6) is 0 Å². The van der Waals surface area contributed by atoms with Crippen molar-refractivity contribution in [3.05, 3.63) is 77.4 Å². The van der Waals surface area contributed by atoms with Gasteiger partial charge >= 0.3 is 0 Å². The lowest BCUT2D eigenvalue weighted by molar-refractivity contribution is 0.221. The van der Waals surface area contributed by atoms with Gasteiger partial charge in [-0.25, -0.2) is 0 Å². The van der Waals surface area contributed by atoms with E-state index in [-0.39, 0.29) is 0 Å². The molecule has 0 aliphatic heterocycles. The van der Waals surface area contributed by atoms with Crippen LogP contribution < -0.4 is 5.32 Å². The van der Waals surface area contributed by atoms with Gasteiger partial charge in [0.05, 0.1) is 5.69 Å². The molecule has 0 aliphatic rings. The van der Waals surface area contributed by atoms with Crippen LogP contribution in [0.2, 0.25) is 0 Å². The molecular formula is C23H25NO. The number of ether oxygens (including phenoxy) is 1. The summed E-state index contributed by atoms with van der Waals surface area (Å²) in [7, 11) is 1.71. The summed E-state index contributed by atoms with van der Waals surface area (Å²) in [6, 6.07) is 21.8. The summed E-state index contributed by atoms with van der Waals surface area (Å²) in [5.41, 5.74) is 9.71. The quantitative estimate of drug-likeness (QED) is 0.582. The molecule has 0 amide bonds. The molecule has 0 radical (unpaired) electrons. The number of methoxy groups -OCH3 is 1. The largest absolute Gasteiger partial charge is 0.365 e. The first-order chi connectivity index (χ1) is 12.1. The Morgan fingerprint density at radius 2 is 1.12 bits per heavy atom. The van der Waals surface area contributed by atoms with Crippen molar-refractivity contribution in [2.45, 2.75) is 20.8 Å². The van der Waals surface area contributed by atoms with Gasteiger partial charge in [0, 0.05) is 18.2 Å². The van der Waals surface area contributed by atoms with Crippen molar-refractivity contribution in [3.8, 4) is 22.3 Å². The molecule has 0 unspecified atom stereocenters. The number of rotatable bonds is 5. The Labute approximate surface area is 150 Å². The van der Waals surface area contributed by atoms with Crippen molar-refractivity contribution in [3.63, 3.8) is 0 Å². The van der Waals surface area contributed by atoms with Crippen molar-refractivity contribution in [2.24, 2.45) is 0 Å². The fourth-order valence-electron chi connectivity index (χ4n) is 3.04.